The Labute approximate surface area is 188 Å². The monoisotopic (exact) mass is 441 g/mol. The van der Waals surface area contributed by atoms with Crippen LogP contribution < -0.4 is 5.32 Å². The van der Waals surface area contributed by atoms with Crippen LogP contribution in [0, 0.1) is 13.8 Å². The number of hydrogen-bond donors (Lipinski definition) is 2. The first-order valence-corrected chi connectivity index (χ1v) is 10.8. The van der Waals surface area contributed by atoms with E-state index in [9.17, 15) is 4.79 Å². The highest BCUT2D eigenvalue weighted by molar-refractivity contribution is 7.17. The maximum Gasteiger partial charge on any atom is 0.267 e. The first-order valence-electron chi connectivity index (χ1n) is 10.0. The highest BCUT2D eigenvalue weighted by Gasteiger charge is 2.20. The van der Waals surface area contributed by atoms with Crippen LogP contribution in [0.1, 0.15) is 21.1 Å². The number of nitrogens with zero attached hydrogens (tertiary/aromatic N) is 3. The summed E-state index contributed by atoms with van der Waals surface area (Å²) in [5.41, 5.74) is 2.95. The van der Waals surface area contributed by atoms with Crippen LogP contribution >= 0.6 is 11.3 Å². The van der Waals surface area contributed by atoms with E-state index in [0.29, 0.717) is 38.7 Å². The van der Waals surface area contributed by atoms with Gasteiger partial charge in [0.2, 0.25) is 0 Å². The fraction of sp³-hybridized carbons (Fsp3) is 0.0833. The maximum atomic E-state index is 13.1. The number of H-pyrrole nitrogens is 1. The fourth-order valence-electron chi connectivity index (χ4n) is 3.34. The van der Waals surface area contributed by atoms with E-state index in [1.807, 2.05) is 80.6 Å². The van der Waals surface area contributed by atoms with Gasteiger partial charge < -0.3 is 9.73 Å². The van der Waals surface area contributed by atoms with Crippen LogP contribution in [-0.2, 0) is 0 Å². The van der Waals surface area contributed by atoms with Crippen LogP contribution in [0.2, 0.25) is 0 Å². The van der Waals surface area contributed by atoms with Gasteiger partial charge in [-0.1, -0.05) is 42.5 Å². The molecular weight excluding hydrogens is 422 g/mol. The van der Waals surface area contributed by atoms with Crippen molar-refractivity contribution in [2.24, 2.45) is 0 Å². The molecule has 32 heavy (non-hydrogen) atoms. The molecule has 2 aromatic carbocycles. The Bertz CT molecular complexity index is 1400. The average Bonchev–Trinajstić information content (AvgIpc) is 3.54. The maximum absolute atomic E-state index is 13.1. The Kier molecular flexibility index (Phi) is 5.12. The lowest BCUT2D eigenvalue weighted by molar-refractivity contribution is 0.103. The summed E-state index contributed by atoms with van der Waals surface area (Å²) in [7, 11) is 0. The number of carbonyl (C=O) groups is 1. The molecule has 1 amide bonds. The van der Waals surface area contributed by atoms with Crippen molar-refractivity contribution < 1.29 is 9.21 Å². The van der Waals surface area contributed by atoms with Gasteiger partial charge in [0.15, 0.2) is 22.4 Å². The molecule has 0 bridgehead atoms. The molecule has 0 saturated heterocycles. The normalized spacial score (nSPS) is 10.9. The lowest BCUT2D eigenvalue weighted by Gasteiger charge is -2.08. The highest BCUT2D eigenvalue weighted by atomic mass is 32.1. The summed E-state index contributed by atoms with van der Waals surface area (Å²) in [5, 5.41) is 11.0. The molecule has 0 aliphatic rings. The molecule has 0 fully saturated rings. The van der Waals surface area contributed by atoms with E-state index in [2.05, 4.69) is 25.5 Å². The van der Waals surface area contributed by atoms with E-state index in [-0.39, 0.29) is 5.91 Å². The van der Waals surface area contributed by atoms with Crippen molar-refractivity contribution in [2.45, 2.75) is 13.8 Å². The predicted molar refractivity (Wildman–Crippen MR) is 124 cm³/mol. The van der Waals surface area contributed by atoms with Crippen LogP contribution in [0.5, 0.6) is 0 Å². The van der Waals surface area contributed by atoms with Gasteiger partial charge >= 0.3 is 0 Å². The molecule has 0 unspecified atom stereocenters. The number of benzene rings is 2. The number of thiazole rings is 1. The quantitative estimate of drug-likeness (QED) is 0.363. The SMILES string of the molecule is Cc1ccc(-c2nc(C)c(C(=O)Nc3ccccc3-c3nc(-c4ccccc4)n[nH]3)s2)o1. The molecule has 0 atom stereocenters. The summed E-state index contributed by atoms with van der Waals surface area (Å²) in [4.78, 5) is 22.7. The summed E-state index contributed by atoms with van der Waals surface area (Å²) in [6, 6.07) is 21.0. The number of anilines is 1. The van der Waals surface area contributed by atoms with Crippen molar-refractivity contribution in [1.82, 2.24) is 20.2 Å². The Morgan fingerprint density at radius 1 is 0.969 bits per heavy atom. The molecule has 2 N–H and O–H groups in total. The topological polar surface area (TPSA) is 96.7 Å². The van der Waals surface area contributed by atoms with Gasteiger partial charge in [0.05, 0.1) is 11.4 Å². The number of hydrogen-bond acceptors (Lipinski definition) is 6. The van der Waals surface area contributed by atoms with E-state index in [4.69, 9.17) is 4.42 Å². The number of aromatic amines is 1. The zero-order chi connectivity index (χ0) is 22.1. The molecule has 5 rings (SSSR count). The second kappa shape index (κ2) is 8.24. The fourth-order valence-corrected chi connectivity index (χ4v) is 4.26. The van der Waals surface area contributed by atoms with Crippen LogP contribution in [0.15, 0.2) is 71.1 Å². The zero-order valence-electron chi connectivity index (χ0n) is 17.4. The molecular formula is C24H19N5O2S. The predicted octanol–water partition coefficient (Wildman–Crippen LogP) is 5.72. The van der Waals surface area contributed by atoms with Gasteiger partial charge in [-0.25, -0.2) is 9.97 Å². The third-order valence-electron chi connectivity index (χ3n) is 4.90. The molecule has 0 saturated carbocycles. The van der Waals surface area contributed by atoms with E-state index in [1.165, 1.54) is 11.3 Å². The number of para-hydroxylation sites is 1. The summed E-state index contributed by atoms with van der Waals surface area (Å²) < 4.78 is 5.65. The first kappa shape index (κ1) is 19.9. The van der Waals surface area contributed by atoms with Crippen molar-refractivity contribution in [3.63, 3.8) is 0 Å². The van der Waals surface area contributed by atoms with E-state index < -0.39 is 0 Å². The number of aryl methyl sites for hydroxylation is 2. The lowest BCUT2D eigenvalue weighted by Crippen LogP contribution is -2.12. The van der Waals surface area contributed by atoms with Gasteiger partial charge in [-0.2, -0.15) is 5.10 Å². The Balaban J connectivity index is 1.42. The van der Waals surface area contributed by atoms with Gasteiger partial charge in [0, 0.05) is 11.1 Å². The second-order valence-electron chi connectivity index (χ2n) is 7.22. The third-order valence-corrected chi connectivity index (χ3v) is 6.07. The Hall–Kier alpha value is -4.04. The van der Waals surface area contributed by atoms with Crippen LogP contribution in [0.4, 0.5) is 5.69 Å². The molecule has 0 spiro atoms. The van der Waals surface area contributed by atoms with Crippen molar-refractivity contribution >= 4 is 22.9 Å². The summed E-state index contributed by atoms with van der Waals surface area (Å²) in [6.45, 7) is 3.69. The molecule has 0 aliphatic heterocycles. The van der Waals surface area contributed by atoms with Gasteiger partial charge in [0.1, 0.15) is 10.6 Å². The Morgan fingerprint density at radius 3 is 2.53 bits per heavy atom. The number of rotatable bonds is 5. The minimum atomic E-state index is -0.232. The molecule has 158 valence electrons. The molecule has 0 aliphatic carbocycles. The largest absolute Gasteiger partial charge is 0.459 e. The number of nitrogens with one attached hydrogen (secondary N) is 2. The third kappa shape index (κ3) is 3.83. The van der Waals surface area contributed by atoms with E-state index in [1.54, 1.807) is 0 Å². The van der Waals surface area contributed by atoms with Gasteiger partial charge in [-0.3, -0.25) is 9.89 Å². The van der Waals surface area contributed by atoms with E-state index in [0.717, 1.165) is 16.9 Å². The van der Waals surface area contributed by atoms with Crippen molar-refractivity contribution in [1.29, 1.82) is 0 Å². The number of aromatic nitrogens is 4. The Morgan fingerprint density at radius 2 is 1.75 bits per heavy atom. The molecule has 3 aromatic heterocycles. The first-order chi connectivity index (χ1) is 15.6. The minimum Gasteiger partial charge on any atom is -0.459 e. The summed E-state index contributed by atoms with van der Waals surface area (Å²) >= 11 is 1.30. The van der Waals surface area contributed by atoms with Crippen molar-refractivity contribution in [2.75, 3.05) is 5.32 Å². The van der Waals surface area contributed by atoms with Crippen LogP contribution in [-0.4, -0.2) is 26.1 Å². The number of furan rings is 1. The van der Waals surface area contributed by atoms with Gasteiger partial charge in [-0.15, -0.1) is 11.3 Å². The summed E-state index contributed by atoms with van der Waals surface area (Å²) in [6.07, 6.45) is 0. The standard InChI is InChI=1S/C24H19N5O2S/c1-14-12-13-19(31-14)24-25-15(2)20(32-24)23(30)26-18-11-7-6-10-17(18)22-27-21(28-29-22)16-8-4-3-5-9-16/h3-13H,1-2H3,(H,26,30)(H,27,28,29). The number of carbonyl (C=O) groups excluding carboxylic acids is 1. The average molecular weight is 442 g/mol. The van der Waals surface area contributed by atoms with Crippen molar-refractivity contribution in [3.8, 4) is 33.5 Å². The summed E-state index contributed by atoms with van der Waals surface area (Å²) in [5.74, 6) is 2.40. The van der Waals surface area contributed by atoms with Gasteiger partial charge in [0.25, 0.3) is 5.91 Å². The highest BCUT2D eigenvalue weighted by Crippen LogP contribution is 2.31. The molecule has 5 aromatic rings. The van der Waals surface area contributed by atoms with Crippen molar-refractivity contribution in [3.05, 3.63) is 83.1 Å². The molecule has 3 heterocycles. The molecule has 7 nitrogen and oxygen atoms in total. The second-order valence-corrected chi connectivity index (χ2v) is 8.22. The van der Waals surface area contributed by atoms with Crippen LogP contribution in [0.3, 0.4) is 0 Å². The zero-order valence-corrected chi connectivity index (χ0v) is 18.2. The molecule has 0 radical (unpaired) electrons. The smallest absolute Gasteiger partial charge is 0.267 e. The lowest BCUT2D eigenvalue weighted by atomic mass is 10.1. The van der Waals surface area contributed by atoms with Gasteiger partial charge in [-0.05, 0) is 38.1 Å². The number of amides is 1. The van der Waals surface area contributed by atoms with Crippen LogP contribution in [0.25, 0.3) is 33.5 Å². The minimum absolute atomic E-state index is 0.232. The van der Waals surface area contributed by atoms with E-state index >= 15 is 0 Å². The molecule has 8 heteroatoms.